The van der Waals surface area contributed by atoms with Crippen LogP contribution in [0.1, 0.15) is 35.7 Å². The third kappa shape index (κ3) is 2.60. The molecule has 2 N–H and O–H groups in total. The number of ketones is 1. The topological polar surface area (TPSA) is 75.6 Å². The molecule has 0 radical (unpaired) electrons. The Morgan fingerprint density at radius 3 is 2.76 bits per heavy atom. The summed E-state index contributed by atoms with van der Waals surface area (Å²) in [7, 11) is 1.62. The van der Waals surface area contributed by atoms with Crippen molar-refractivity contribution < 1.29 is 23.9 Å². The van der Waals surface area contributed by atoms with E-state index in [-0.39, 0.29) is 28.9 Å². The molecule has 2 fully saturated rings. The Morgan fingerprint density at radius 1 is 1.26 bits per heavy atom. The Morgan fingerprint density at radius 2 is 2.06 bits per heavy atom. The van der Waals surface area contributed by atoms with E-state index in [9.17, 15) is 14.7 Å². The maximum absolute atomic E-state index is 13.6. The number of aromatic hydroxyl groups is 1. The van der Waals surface area contributed by atoms with Crippen molar-refractivity contribution in [1.82, 2.24) is 0 Å². The van der Waals surface area contributed by atoms with Crippen LogP contribution in [0, 0.1) is 5.92 Å². The molecule has 0 amide bonds. The molecule has 0 aromatic heterocycles. The van der Waals surface area contributed by atoms with E-state index in [1.807, 2.05) is 37.3 Å². The molecule has 2 aromatic rings. The van der Waals surface area contributed by atoms with Gasteiger partial charge in [-0.05, 0) is 48.4 Å². The predicted octanol–water partition coefficient (Wildman–Crippen LogP) is 3.97. The van der Waals surface area contributed by atoms with Crippen LogP contribution in [-0.2, 0) is 10.2 Å². The highest BCUT2D eigenvalue weighted by atomic mass is 16.5. The van der Waals surface area contributed by atoms with Crippen LogP contribution >= 0.6 is 0 Å². The molecular formula is C28H29N2O4+. The van der Waals surface area contributed by atoms with Crippen LogP contribution in [0.25, 0.3) is 0 Å². The average Bonchev–Trinajstić information content (AvgIpc) is 3.39. The van der Waals surface area contributed by atoms with Crippen molar-refractivity contribution in [2.45, 2.75) is 31.2 Å². The van der Waals surface area contributed by atoms with Gasteiger partial charge in [0.15, 0.2) is 0 Å². The maximum Gasteiger partial charge on any atom is 0.216 e. The SMILES string of the molecule is C/C=C1/C[N+]2(CC(=O)c3ccc(OC)cc3)CC[C@]34C(=C(C=O)[C@H]1C[C@@H]32)Nc1c(O)cccc14. The molecule has 3 aliphatic heterocycles. The molecule has 2 bridgehead atoms. The molecule has 174 valence electrons. The predicted molar refractivity (Wildman–Crippen MR) is 129 cm³/mol. The zero-order valence-electron chi connectivity index (χ0n) is 19.5. The molecular weight excluding hydrogens is 428 g/mol. The highest BCUT2D eigenvalue weighted by Gasteiger charge is 2.69. The molecule has 6 nitrogen and oxygen atoms in total. The maximum atomic E-state index is 13.6. The van der Waals surface area contributed by atoms with Crippen LogP contribution in [0.2, 0.25) is 0 Å². The summed E-state index contributed by atoms with van der Waals surface area (Å²) in [5.74, 6) is 1.12. The first-order valence-electron chi connectivity index (χ1n) is 11.9. The lowest BCUT2D eigenvalue weighted by Gasteiger charge is -2.53. The van der Waals surface area contributed by atoms with Crippen LogP contribution in [0.3, 0.4) is 0 Å². The molecule has 6 rings (SSSR count). The molecule has 6 heteroatoms. The average molecular weight is 458 g/mol. The standard InChI is InChI=1S/C28H28N2O4/c1-3-17-14-30(15-24(33)18-7-9-19(34-2)10-8-18)12-11-28-22-5-4-6-23(32)26(22)29-27(28)21(16-31)20(17)13-25(28)30/h3-10,16,20,25H,11-15H2,1-2H3,(H-,29,31,32)/p+1/b17-3-/t20-,25-,28+,30?/m0/s1. The fourth-order valence-electron chi connectivity index (χ4n) is 7.34. The van der Waals surface area contributed by atoms with E-state index >= 15 is 0 Å². The number of carbonyl (C=O) groups is 2. The van der Waals surface area contributed by atoms with Crippen LogP contribution in [0.4, 0.5) is 5.69 Å². The Hall–Kier alpha value is -3.38. The quantitative estimate of drug-likeness (QED) is 0.234. The molecule has 3 heterocycles. The summed E-state index contributed by atoms with van der Waals surface area (Å²) in [4.78, 5) is 26.0. The first-order chi connectivity index (χ1) is 16.5. The molecule has 1 unspecified atom stereocenters. The molecule has 1 aliphatic carbocycles. The van der Waals surface area contributed by atoms with Gasteiger partial charge >= 0.3 is 0 Å². The van der Waals surface area contributed by atoms with Crippen molar-refractivity contribution in [3.8, 4) is 11.5 Å². The lowest BCUT2D eigenvalue weighted by molar-refractivity contribution is -0.934. The summed E-state index contributed by atoms with van der Waals surface area (Å²) < 4.78 is 5.94. The minimum atomic E-state index is -0.375. The number of methoxy groups -OCH3 is 1. The number of aldehydes is 1. The number of benzene rings is 2. The van der Waals surface area contributed by atoms with Crippen LogP contribution < -0.4 is 10.1 Å². The first-order valence-corrected chi connectivity index (χ1v) is 11.9. The number of fused-ring (bicyclic) bond motifs is 2. The Balaban J connectivity index is 1.49. The van der Waals surface area contributed by atoms with E-state index in [0.29, 0.717) is 22.3 Å². The largest absolute Gasteiger partial charge is 0.506 e. The zero-order chi connectivity index (χ0) is 23.7. The summed E-state index contributed by atoms with van der Waals surface area (Å²) >= 11 is 0. The molecule has 4 aliphatic rings. The van der Waals surface area contributed by atoms with Crippen molar-refractivity contribution in [2.75, 3.05) is 32.1 Å². The minimum absolute atomic E-state index is 0.0556. The van der Waals surface area contributed by atoms with Gasteiger partial charge in [0, 0.05) is 35.6 Å². The molecule has 2 aromatic carbocycles. The summed E-state index contributed by atoms with van der Waals surface area (Å²) in [5, 5.41) is 14.1. The summed E-state index contributed by atoms with van der Waals surface area (Å²) in [6.07, 6.45) is 4.82. The van der Waals surface area contributed by atoms with Gasteiger partial charge in [0.2, 0.25) is 5.78 Å². The van der Waals surface area contributed by atoms with E-state index in [4.69, 9.17) is 4.74 Å². The third-order valence-electron chi connectivity index (χ3n) is 8.84. The summed E-state index contributed by atoms with van der Waals surface area (Å²) in [6.45, 7) is 4.07. The van der Waals surface area contributed by atoms with Gasteiger partial charge in [0.1, 0.15) is 36.9 Å². The van der Waals surface area contributed by atoms with Gasteiger partial charge in [-0.3, -0.25) is 9.59 Å². The van der Waals surface area contributed by atoms with E-state index in [2.05, 4.69) is 17.5 Å². The number of carbonyl (C=O) groups excluding carboxylic acids is 2. The van der Waals surface area contributed by atoms with Crippen molar-refractivity contribution in [1.29, 1.82) is 0 Å². The van der Waals surface area contributed by atoms with Gasteiger partial charge in [0.25, 0.3) is 0 Å². The van der Waals surface area contributed by atoms with Gasteiger partial charge in [-0.25, -0.2) is 0 Å². The van der Waals surface area contributed by atoms with Crippen LogP contribution in [0.15, 0.2) is 65.4 Å². The number of para-hydroxylation sites is 1. The number of piperidine rings is 1. The number of hydrogen-bond donors (Lipinski definition) is 2. The van der Waals surface area contributed by atoms with Gasteiger partial charge in [-0.15, -0.1) is 0 Å². The number of Topliss-reactive ketones (excluding diaryl/α,β-unsaturated/α-hetero) is 1. The van der Waals surface area contributed by atoms with Gasteiger partial charge < -0.3 is 19.6 Å². The zero-order valence-corrected chi connectivity index (χ0v) is 19.5. The lowest BCUT2D eigenvalue weighted by Crippen LogP contribution is -2.64. The monoisotopic (exact) mass is 457 g/mol. The normalized spacial score (nSPS) is 31.6. The molecule has 34 heavy (non-hydrogen) atoms. The molecule has 1 spiro atoms. The number of nitrogens with zero attached hydrogens (tertiary/aromatic N) is 1. The number of quaternary nitrogens is 1. The van der Waals surface area contributed by atoms with Crippen molar-refractivity contribution >= 4 is 17.8 Å². The first kappa shape index (κ1) is 21.2. The Kier molecular flexibility index (Phi) is 4.55. The Bertz CT molecular complexity index is 1280. The van der Waals surface area contributed by atoms with E-state index in [1.54, 1.807) is 13.2 Å². The third-order valence-corrected chi connectivity index (χ3v) is 8.84. The fourth-order valence-corrected chi connectivity index (χ4v) is 7.34. The van der Waals surface area contributed by atoms with E-state index in [0.717, 1.165) is 54.8 Å². The molecule has 4 atom stereocenters. The molecule has 2 saturated heterocycles. The summed E-state index contributed by atoms with van der Waals surface area (Å²) in [5.41, 5.74) is 5.07. The smallest absolute Gasteiger partial charge is 0.216 e. The van der Waals surface area contributed by atoms with Crippen LogP contribution in [0.5, 0.6) is 11.5 Å². The second-order valence-corrected chi connectivity index (χ2v) is 10.1. The number of phenols is 1. The number of nitrogens with one attached hydrogen (secondary N) is 1. The van der Waals surface area contributed by atoms with E-state index < -0.39 is 0 Å². The number of ether oxygens (including phenoxy) is 1. The van der Waals surface area contributed by atoms with Gasteiger partial charge in [-0.1, -0.05) is 18.2 Å². The van der Waals surface area contributed by atoms with Crippen molar-refractivity contribution in [3.05, 3.63) is 76.5 Å². The Labute approximate surface area is 199 Å². The molecule has 0 saturated carbocycles. The van der Waals surface area contributed by atoms with Crippen LogP contribution in [-0.4, -0.2) is 54.4 Å². The van der Waals surface area contributed by atoms with Crippen molar-refractivity contribution in [3.63, 3.8) is 0 Å². The fraction of sp³-hybridized carbons (Fsp3) is 0.357. The summed E-state index contributed by atoms with van der Waals surface area (Å²) in [6, 6.07) is 13.2. The second kappa shape index (κ2) is 7.31. The van der Waals surface area contributed by atoms with Gasteiger partial charge in [0.05, 0.1) is 24.8 Å². The lowest BCUT2D eigenvalue weighted by atomic mass is 9.61. The number of phenolic OH excluding ortho intramolecular Hbond substituents is 1. The highest BCUT2D eigenvalue weighted by molar-refractivity contribution is 5.97. The second-order valence-electron chi connectivity index (χ2n) is 10.1. The number of rotatable bonds is 5. The minimum Gasteiger partial charge on any atom is -0.506 e. The number of anilines is 1. The number of allylic oxidation sites excluding steroid dienone is 2. The van der Waals surface area contributed by atoms with E-state index in [1.165, 1.54) is 5.57 Å². The highest BCUT2D eigenvalue weighted by Crippen LogP contribution is 2.64. The number of hydrogen-bond acceptors (Lipinski definition) is 5. The van der Waals surface area contributed by atoms with Crippen molar-refractivity contribution in [2.24, 2.45) is 5.92 Å². The van der Waals surface area contributed by atoms with Gasteiger partial charge in [-0.2, -0.15) is 0 Å².